The van der Waals surface area contributed by atoms with Gasteiger partial charge in [-0.2, -0.15) is 0 Å². The molecule has 0 amide bonds. The molecule has 5 aromatic rings. The van der Waals surface area contributed by atoms with Crippen LogP contribution in [-0.2, 0) is 6.42 Å². The van der Waals surface area contributed by atoms with E-state index in [0.717, 1.165) is 83.0 Å². The molecule has 0 radical (unpaired) electrons. The van der Waals surface area contributed by atoms with Crippen LogP contribution in [0.4, 0.5) is 11.4 Å². The fourth-order valence-electron chi connectivity index (χ4n) is 7.56. The van der Waals surface area contributed by atoms with E-state index in [1.165, 1.54) is 22.4 Å². The van der Waals surface area contributed by atoms with Crippen molar-refractivity contribution in [2.75, 3.05) is 11.4 Å². The molecule has 62 heavy (non-hydrogen) atoms. The first-order valence-electron chi connectivity index (χ1n) is 22.1. The summed E-state index contributed by atoms with van der Waals surface area (Å²) < 4.78 is 0. The maximum absolute atomic E-state index is 6.46. The van der Waals surface area contributed by atoms with E-state index in [1.807, 2.05) is 80.7 Å². The summed E-state index contributed by atoms with van der Waals surface area (Å²) in [5.74, 6) is 0.692. The van der Waals surface area contributed by atoms with Gasteiger partial charge in [0, 0.05) is 53.8 Å². The minimum absolute atomic E-state index is 0.345. The molecule has 2 aliphatic rings. The van der Waals surface area contributed by atoms with Crippen LogP contribution in [-0.4, -0.2) is 17.2 Å². The number of nitrogens with zero attached hydrogens (tertiary/aromatic N) is 3. The van der Waals surface area contributed by atoms with Crippen LogP contribution in [0.1, 0.15) is 80.8 Å². The van der Waals surface area contributed by atoms with Crippen LogP contribution in [0.15, 0.2) is 223 Å². The van der Waals surface area contributed by atoms with Crippen LogP contribution in [0, 0.1) is 12.8 Å². The van der Waals surface area contributed by atoms with Crippen LogP contribution >= 0.6 is 0 Å². The lowest BCUT2D eigenvalue weighted by Crippen LogP contribution is -2.19. The fraction of sp³-hybridized carbons (Fsp3) is 0.207. The second-order valence-electron chi connectivity index (χ2n) is 15.2. The summed E-state index contributed by atoms with van der Waals surface area (Å²) in [6, 6.07) is 44.2. The Morgan fingerprint density at radius 2 is 1.45 bits per heavy atom. The Hall–Kier alpha value is -6.78. The zero-order valence-electron chi connectivity index (χ0n) is 37.4. The van der Waals surface area contributed by atoms with E-state index >= 15 is 0 Å². The van der Waals surface area contributed by atoms with E-state index in [0.29, 0.717) is 11.8 Å². The highest BCUT2D eigenvalue weighted by Gasteiger charge is 2.23. The van der Waals surface area contributed by atoms with Gasteiger partial charge in [-0.25, -0.2) is 0 Å². The van der Waals surface area contributed by atoms with Crippen molar-refractivity contribution in [3.05, 3.63) is 246 Å². The Morgan fingerprint density at radius 1 is 0.790 bits per heavy atom. The Balaban J connectivity index is 0.000000237. The zero-order chi connectivity index (χ0) is 44.1. The third-order valence-electron chi connectivity index (χ3n) is 10.8. The minimum Gasteiger partial charge on any atom is -0.398 e. The molecule has 7 rings (SSSR count). The van der Waals surface area contributed by atoms with Crippen molar-refractivity contribution in [1.29, 1.82) is 0 Å². The maximum Gasteiger partial charge on any atom is 0.0627 e. The summed E-state index contributed by atoms with van der Waals surface area (Å²) in [4.78, 5) is 11.8. The first-order valence-corrected chi connectivity index (χ1v) is 22.1. The van der Waals surface area contributed by atoms with Crippen LogP contribution in [0.2, 0.25) is 0 Å². The quantitative estimate of drug-likeness (QED) is 0.114. The topological polar surface area (TPSA) is 54.5 Å². The molecule has 1 aliphatic carbocycles. The number of aromatic nitrogens is 1. The highest BCUT2D eigenvalue weighted by atomic mass is 15.1. The van der Waals surface area contributed by atoms with Crippen LogP contribution < -0.4 is 10.6 Å². The van der Waals surface area contributed by atoms with E-state index in [2.05, 4.69) is 165 Å². The smallest absolute Gasteiger partial charge is 0.0627 e. The van der Waals surface area contributed by atoms with Crippen molar-refractivity contribution in [3.8, 4) is 0 Å². The van der Waals surface area contributed by atoms with Gasteiger partial charge in [-0.05, 0) is 96.9 Å². The third kappa shape index (κ3) is 13.1. The second kappa shape index (κ2) is 24.5. The minimum atomic E-state index is 0.345. The maximum atomic E-state index is 6.46. The third-order valence-corrected chi connectivity index (χ3v) is 10.8. The molecule has 2 atom stereocenters. The van der Waals surface area contributed by atoms with E-state index < -0.39 is 0 Å². The molecule has 2 unspecified atom stereocenters. The molecule has 0 saturated carbocycles. The molecule has 4 aromatic carbocycles. The molecule has 0 saturated heterocycles. The summed E-state index contributed by atoms with van der Waals surface area (Å²) in [5.41, 5.74) is 21.2. The molecule has 0 bridgehead atoms. The van der Waals surface area contributed by atoms with E-state index in [1.54, 1.807) is 0 Å². The van der Waals surface area contributed by atoms with Gasteiger partial charge in [0.2, 0.25) is 0 Å². The lowest BCUT2D eigenvalue weighted by molar-refractivity contribution is 0.718. The van der Waals surface area contributed by atoms with Crippen molar-refractivity contribution >= 4 is 28.4 Å². The number of pyridine rings is 1. The fourth-order valence-corrected chi connectivity index (χ4v) is 7.56. The highest BCUT2D eigenvalue weighted by molar-refractivity contribution is 6.04. The van der Waals surface area contributed by atoms with Gasteiger partial charge in [0.25, 0.3) is 0 Å². The number of aliphatic imine (C=N–C) groups is 1. The van der Waals surface area contributed by atoms with Gasteiger partial charge in [0.05, 0.1) is 11.4 Å². The van der Waals surface area contributed by atoms with E-state index in [9.17, 15) is 0 Å². The van der Waals surface area contributed by atoms with Crippen LogP contribution in [0.5, 0.6) is 0 Å². The normalized spacial score (nSPS) is 16.3. The SMILES string of the molecule is C=C/C=C(\C=C)C1=NC(C2C=CC(C)=CC2)=CC(c2ccccc2)C1.CC.CCCN(c1ccc(C/C=C(\C=C(/N)c2ccccc2)c2ccccc2)cc1)c1cccnc1C. The van der Waals surface area contributed by atoms with E-state index in [-0.39, 0.29) is 0 Å². The molecule has 4 heteroatoms. The largest absolute Gasteiger partial charge is 0.398 e. The van der Waals surface area contributed by atoms with Gasteiger partial charge >= 0.3 is 0 Å². The van der Waals surface area contributed by atoms with Gasteiger partial charge < -0.3 is 10.6 Å². The summed E-state index contributed by atoms with van der Waals surface area (Å²) in [7, 11) is 0. The van der Waals surface area contributed by atoms with Crippen molar-refractivity contribution in [1.82, 2.24) is 4.98 Å². The van der Waals surface area contributed by atoms with Crippen LogP contribution in [0.3, 0.4) is 0 Å². The first-order chi connectivity index (χ1) is 30.4. The summed E-state index contributed by atoms with van der Waals surface area (Å²) in [6.07, 6.45) is 24.8. The lowest BCUT2D eigenvalue weighted by Gasteiger charge is -2.26. The Labute approximate surface area is 372 Å². The number of rotatable bonds is 14. The lowest BCUT2D eigenvalue weighted by atomic mass is 9.84. The standard InChI is InChI=1S/C32H33N3.C24H25N.C2H6/c1-3-23-35(32-15-10-22-34-25(32)2)30-20-17-26(18-21-30)16-19-29(27-11-6-4-7-12-27)24-31(33)28-13-8-5-9-14-28;1-4-9-19(5-2)23-16-22(20-10-7-6-8-11-20)17-24(25-23)21-14-12-18(3)13-15-21;1-2/h4-15,17-22,24H,3,16,23,33H2,1-2H3;4-14,17,21-22H,1-2,15-16H2,3H3;1-2H3/b29-19+,31-24-;19-9+;. The number of benzene rings is 4. The molecule has 316 valence electrons. The summed E-state index contributed by atoms with van der Waals surface area (Å²) in [5, 5.41) is 0. The Kier molecular flexibility index (Phi) is 18.3. The van der Waals surface area contributed by atoms with Crippen molar-refractivity contribution in [3.63, 3.8) is 0 Å². The number of nitrogens with two attached hydrogens (primary N) is 1. The van der Waals surface area contributed by atoms with Gasteiger partial charge in [-0.3, -0.25) is 9.98 Å². The summed E-state index contributed by atoms with van der Waals surface area (Å²) >= 11 is 0. The summed E-state index contributed by atoms with van der Waals surface area (Å²) in [6.45, 7) is 19.2. The highest BCUT2D eigenvalue weighted by Crippen LogP contribution is 2.35. The van der Waals surface area contributed by atoms with Crippen molar-refractivity contribution in [2.24, 2.45) is 16.6 Å². The number of hydrogen-bond donors (Lipinski definition) is 1. The average molecular weight is 817 g/mol. The van der Waals surface area contributed by atoms with E-state index in [4.69, 9.17) is 10.7 Å². The molecule has 4 nitrogen and oxygen atoms in total. The predicted molar refractivity (Wildman–Crippen MR) is 270 cm³/mol. The number of allylic oxidation sites excluding steroid dienone is 12. The van der Waals surface area contributed by atoms with Gasteiger partial charge in [-0.15, -0.1) is 0 Å². The second-order valence-corrected chi connectivity index (χ2v) is 15.2. The molecule has 1 aromatic heterocycles. The molecule has 2 N–H and O–H groups in total. The predicted octanol–water partition coefficient (Wildman–Crippen LogP) is 14.9. The van der Waals surface area contributed by atoms with Gasteiger partial charge in [-0.1, -0.05) is 191 Å². The molecule has 1 aliphatic heterocycles. The molecule has 0 fully saturated rings. The Bertz CT molecular complexity index is 2410. The average Bonchev–Trinajstić information content (AvgIpc) is 3.33. The van der Waals surface area contributed by atoms with Crippen molar-refractivity contribution in [2.45, 2.75) is 66.2 Å². The van der Waals surface area contributed by atoms with Gasteiger partial charge in [0.15, 0.2) is 0 Å². The number of anilines is 2. The monoisotopic (exact) mass is 817 g/mol. The molecular formula is C58H64N4. The molecule has 0 spiro atoms. The zero-order valence-corrected chi connectivity index (χ0v) is 37.4. The Morgan fingerprint density at radius 3 is 2.05 bits per heavy atom. The van der Waals surface area contributed by atoms with Crippen LogP contribution in [0.25, 0.3) is 11.3 Å². The van der Waals surface area contributed by atoms with Crippen molar-refractivity contribution < 1.29 is 0 Å². The molecule has 2 heterocycles. The molecular weight excluding hydrogens is 753 g/mol. The van der Waals surface area contributed by atoms with Gasteiger partial charge in [0.1, 0.15) is 0 Å². The number of aryl methyl sites for hydroxylation is 1. The number of hydrogen-bond acceptors (Lipinski definition) is 4. The first kappa shape index (κ1) is 46.3.